The Hall–Kier alpha value is -0.606. The van der Waals surface area contributed by atoms with Crippen LogP contribution in [0, 0.1) is 0 Å². The second kappa shape index (κ2) is 10.7. The van der Waals surface area contributed by atoms with Crippen molar-refractivity contribution >= 4 is 45.0 Å². The summed E-state index contributed by atoms with van der Waals surface area (Å²) in [4.78, 5) is 2.23. The third-order valence-corrected chi connectivity index (χ3v) is 7.50. The third-order valence-electron chi connectivity index (χ3n) is 4.43. The standard InChI is InChI=1S/C18H18N.C2H5O.CH3.2ClH.Ti/c1-19(2)13-14-7-8-17(11-14)18-10-9-15-5-3-4-6-16(15)12-18;1-2-3;;;;/h3-7,9-11H,8,13H2,1-2H3;2H2,1H3;1H3;2*1H;/q;-1;;;;+1. The van der Waals surface area contributed by atoms with Gasteiger partial charge in [-0.2, -0.15) is 0 Å². The molecule has 0 N–H and O–H groups in total. The summed E-state index contributed by atoms with van der Waals surface area (Å²) < 4.78 is 7.63. The van der Waals surface area contributed by atoms with E-state index in [1.807, 2.05) is 0 Å². The molecule has 5 heteroatoms. The first-order valence-electron chi connectivity index (χ1n) is 8.63. The fourth-order valence-corrected chi connectivity index (χ4v) is 6.28. The van der Waals surface area contributed by atoms with Crippen LogP contribution in [0.1, 0.15) is 18.9 Å². The van der Waals surface area contributed by atoms with Crippen LogP contribution in [0.25, 0.3) is 16.3 Å². The van der Waals surface area contributed by atoms with Crippen molar-refractivity contribution in [2.75, 3.05) is 27.2 Å². The number of rotatable bonds is 6. The third kappa shape index (κ3) is 5.22. The molecule has 1 aliphatic rings. The molecule has 0 spiro atoms. The number of allylic oxidation sites excluding steroid dienone is 2. The van der Waals surface area contributed by atoms with Crippen molar-refractivity contribution in [3.05, 3.63) is 59.7 Å². The molecule has 0 aliphatic heterocycles. The van der Waals surface area contributed by atoms with E-state index in [4.69, 9.17) is 3.32 Å². The van der Waals surface area contributed by atoms with E-state index >= 15 is 0 Å². The number of fused-ring (bicyclic) bond motifs is 1. The fraction of sp³-hybridized carbons (Fsp3) is 0.333. The average Bonchev–Trinajstić information content (AvgIpc) is 3.01. The van der Waals surface area contributed by atoms with Crippen LogP contribution < -0.4 is 3.87 Å². The fourth-order valence-electron chi connectivity index (χ4n) is 3.45. The molecule has 3 rings (SSSR count). The Morgan fingerprint density at radius 3 is 2.50 bits per heavy atom. The van der Waals surface area contributed by atoms with Crippen LogP contribution in [0.4, 0.5) is 0 Å². The van der Waals surface area contributed by atoms with E-state index < -0.39 is 18.3 Å². The Morgan fingerprint density at radius 2 is 1.81 bits per heavy atom. The Balaban J connectivity index is 0.00000169. The van der Waals surface area contributed by atoms with E-state index in [0.717, 1.165) is 19.6 Å². The largest absolute Gasteiger partial charge is 0.147 e. The number of hydrogen-bond donors (Lipinski definition) is 0. The number of benzene rings is 2. The zero-order chi connectivity index (χ0) is 17.1. The first-order valence-corrected chi connectivity index (χ1v) is 11.6. The van der Waals surface area contributed by atoms with E-state index in [9.17, 15) is 0 Å². The summed E-state index contributed by atoms with van der Waals surface area (Å²) in [5.74, 6) is 0. The maximum absolute atomic E-state index is 6.14. The van der Waals surface area contributed by atoms with Crippen molar-refractivity contribution in [3.63, 3.8) is 0 Å². The van der Waals surface area contributed by atoms with Gasteiger partial charge in [-0.15, -0.1) is 24.8 Å². The van der Waals surface area contributed by atoms with Crippen LogP contribution >= 0.6 is 24.8 Å². The number of hydrogen-bond acceptors (Lipinski definition) is 2. The minimum Gasteiger partial charge on any atom is -0.147 e. The van der Waals surface area contributed by atoms with Gasteiger partial charge in [0.25, 0.3) is 0 Å². The van der Waals surface area contributed by atoms with Crippen LogP contribution in [0.15, 0.2) is 54.1 Å². The summed E-state index contributed by atoms with van der Waals surface area (Å²) in [5, 5.41) is 5.03. The Morgan fingerprint density at radius 1 is 1.08 bits per heavy atom. The predicted molar refractivity (Wildman–Crippen MR) is 115 cm³/mol. The van der Waals surface area contributed by atoms with Crippen molar-refractivity contribution in [1.82, 2.24) is 4.90 Å². The molecule has 0 radical (unpaired) electrons. The van der Waals surface area contributed by atoms with Crippen LogP contribution in [0.3, 0.4) is 0 Å². The molecule has 0 unspecified atom stereocenters. The molecule has 2 nitrogen and oxygen atoms in total. The molecule has 0 fully saturated rings. The molecule has 26 heavy (non-hydrogen) atoms. The molecule has 0 amide bonds. The first-order chi connectivity index (χ1) is 11.6. The van der Waals surface area contributed by atoms with E-state index in [1.165, 1.54) is 31.4 Å². The van der Waals surface area contributed by atoms with Crippen LogP contribution in [0.5, 0.6) is 0 Å². The first kappa shape index (κ1) is 23.4. The van der Waals surface area contributed by atoms with Gasteiger partial charge in [0.2, 0.25) is 0 Å². The van der Waals surface area contributed by atoms with Gasteiger partial charge in [0.15, 0.2) is 0 Å². The van der Waals surface area contributed by atoms with Gasteiger partial charge in [-0.3, -0.25) is 0 Å². The van der Waals surface area contributed by atoms with Gasteiger partial charge in [-0.05, 0) is 0 Å². The van der Waals surface area contributed by atoms with Crippen molar-refractivity contribution in [1.29, 1.82) is 0 Å². The minimum atomic E-state index is -1.73. The summed E-state index contributed by atoms with van der Waals surface area (Å²) in [6.07, 6.45) is 5.78. The molecular weight excluding hydrogens is 401 g/mol. The Labute approximate surface area is 176 Å². The van der Waals surface area contributed by atoms with Gasteiger partial charge < -0.3 is 0 Å². The molecule has 2 aromatic rings. The molecule has 1 aliphatic carbocycles. The SMILES string of the molecule is CC[O][Ti]([CH3])[c]1c(C2=CC(CN(C)C)=CC2)ccc2ccccc12.Cl.Cl. The van der Waals surface area contributed by atoms with Crippen LogP contribution in [-0.2, 0) is 21.6 Å². The molecular formula is C21H28Cl2NOTi. The molecule has 141 valence electrons. The van der Waals surface area contributed by atoms with Crippen molar-refractivity contribution in [2.45, 2.75) is 18.6 Å². The second-order valence-corrected chi connectivity index (χ2v) is 9.56. The van der Waals surface area contributed by atoms with E-state index in [1.54, 1.807) is 0 Å². The van der Waals surface area contributed by atoms with E-state index in [0.29, 0.717) is 0 Å². The Bertz CT molecular complexity index is 802. The molecule has 0 bridgehead atoms. The van der Waals surface area contributed by atoms with E-state index in [2.05, 4.69) is 79.7 Å². The van der Waals surface area contributed by atoms with Gasteiger partial charge in [-0.1, -0.05) is 0 Å². The maximum Gasteiger partial charge on any atom is -0.147 e. The molecule has 2 aromatic carbocycles. The van der Waals surface area contributed by atoms with Crippen molar-refractivity contribution < 1.29 is 21.6 Å². The monoisotopic (exact) mass is 428 g/mol. The van der Waals surface area contributed by atoms with Gasteiger partial charge in [0.1, 0.15) is 0 Å². The average molecular weight is 429 g/mol. The summed E-state index contributed by atoms with van der Waals surface area (Å²) in [7, 11) is 4.25. The van der Waals surface area contributed by atoms with Crippen molar-refractivity contribution in [3.8, 4) is 0 Å². The predicted octanol–water partition coefficient (Wildman–Crippen LogP) is 5.20. The minimum absolute atomic E-state index is 0. The normalized spacial score (nSPS) is 13.1. The molecule has 0 aromatic heterocycles. The maximum atomic E-state index is 6.14. The Kier molecular flexibility index (Phi) is 9.61. The van der Waals surface area contributed by atoms with Gasteiger partial charge in [0.05, 0.1) is 0 Å². The zero-order valence-electron chi connectivity index (χ0n) is 15.9. The topological polar surface area (TPSA) is 12.5 Å². The summed E-state index contributed by atoms with van der Waals surface area (Å²) >= 11 is -1.73. The zero-order valence-corrected chi connectivity index (χ0v) is 19.1. The molecule has 0 saturated heterocycles. The molecule has 0 saturated carbocycles. The van der Waals surface area contributed by atoms with Crippen molar-refractivity contribution in [2.24, 2.45) is 0 Å². The summed E-state index contributed by atoms with van der Waals surface area (Å²) in [6.45, 7) is 3.91. The number of nitrogens with zero attached hydrogens (tertiary/aromatic N) is 1. The second-order valence-electron chi connectivity index (χ2n) is 6.59. The molecule has 0 atom stereocenters. The number of likely N-dealkylation sites (N-methyl/N-ethyl adjacent to an activating group) is 1. The summed E-state index contributed by atoms with van der Waals surface area (Å²) in [6, 6.07) is 13.3. The van der Waals surface area contributed by atoms with Crippen LogP contribution in [-0.4, -0.2) is 32.1 Å². The van der Waals surface area contributed by atoms with E-state index in [-0.39, 0.29) is 24.8 Å². The number of halogens is 2. The van der Waals surface area contributed by atoms with Gasteiger partial charge in [-0.25, -0.2) is 0 Å². The van der Waals surface area contributed by atoms with Gasteiger partial charge in [0, 0.05) is 0 Å². The van der Waals surface area contributed by atoms with Crippen LogP contribution in [0.2, 0.25) is 5.23 Å². The smallest absolute Gasteiger partial charge is 0.147 e. The summed E-state index contributed by atoms with van der Waals surface area (Å²) in [5.41, 5.74) is 4.27. The van der Waals surface area contributed by atoms with Gasteiger partial charge >= 0.3 is 152 Å². The quantitative estimate of drug-likeness (QED) is 0.586. The molecule has 0 heterocycles.